The zero-order valence-corrected chi connectivity index (χ0v) is 16.1. The van der Waals surface area contributed by atoms with Gasteiger partial charge in [-0.25, -0.2) is 4.99 Å². The summed E-state index contributed by atoms with van der Waals surface area (Å²) in [6.07, 6.45) is 4.47. The number of hydrogen-bond donors (Lipinski definition) is 1. The first-order valence-corrected chi connectivity index (χ1v) is 7.74. The molecular weight excluding hydrogens is 393 g/mol. The van der Waals surface area contributed by atoms with Gasteiger partial charge in [0, 0.05) is 40.0 Å². The third-order valence-corrected chi connectivity index (χ3v) is 3.63. The quantitative estimate of drug-likeness (QED) is 0.301. The fourth-order valence-corrected chi connectivity index (χ4v) is 2.02. The van der Waals surface area contributed by atoms with Crippen molar-refractivity contribution in [2.45, 2.75) is 26.3 Å². The number of halogens is 1. The Labute approximate surface area is 150 Å². The van der Waals surface area contributed by atoms with Gasteiger partial charge in [0.25, 0.3) is 0 Å². The molecule has 1 saturated carbocycles. The SMILES string of the molecule is CCNC(=NCc1ccnn1C)N(C)CCOCC1CC1.I. The maximum atomic E-state index is 5.69. The van der Waals surface area contributed by atoms with E-state index in [9.17, 15) is 0 Å². The highest BCUT2D eigenvalue weighted by molar-refractivity contribution is 14.0. The van der Waals surface area contributed by atoms with Crippen LogP contribution in [0.4, 0.5) is 0 Å². The van der Waals surface area contributed by atoms with Gasteiger partial charge in [-0.05, 0) is 31.7 Å². The Hall–Kier alpha value is -0.830. The second-order valence-electron chi connectivity index (χ2n) is 5.56. The van der Waals surface area contributed by atoms with Crippen LogP contribution in [0, 0.1) is 5.92 Å². The summed E-state index contributed by atoms with van der Waals surface area (Å²) in [5, 5.41) is 7.48. The summed E-state index contributed by atoms with van der Waals surface area (Å²) in [6.45, 7) is 6.09. The van der Waals surface area contributed by atoms with Crippen molar-refractivity contribution in [3.63, 3.8) is 0 Å². The topological polar surface area (TPSA) is 54.7 Å². The number of nitrogens with one attached hydrogen (secondary N) is 1. The molecule has 1 heterocycles. The minimum atomic E-state index is 0. The molecule has 1 aromatic heterocycles. The average molecular weight is 421 g/mol. The summed E-state index contributed by atoms with van der Waals surface area (Å²) in [7, 11) is 3.98. The molecule has 0 amide bonds. The summed E-state index contributed by atoms with van der Waals surface area (Å²) in [5.41, 5.74) is 1.10. The van der Waals surface area contributed by atoms with Crippen LogP contribution in [0.3, 0.4) is 0 Å². The predicted octanol–water partition coefficient (Wildman–Crippen LogP) is 1.86. The van der Waals surface area contributed by atoms with Crippen molar-refractivity contribution in [2.75, 3.05) is 33.4 Å². The van der Waals surface area contributed by atoms with Crippen molar-refractivity contribution in [1.82, 2.24) is 20.0 Å². The molecule has 7 heteroatoms. The lowest BCUT2D eigenvalue weighted by atomic mass is 10.4. The van der Waals surface area contributed by atoms with E-state index in [1.807, 2.05) is 24.8 Å². The summed E-state index contributed by atoms with van der Waals surface area (Å²) < 4.78 is 7.54. The number of aliphatic imine (C=N–C) groups is 1. The van der Waals surface area contributed by atoms with Gasteiger partial charge in [-0.15, -0.1) is 24.0 Å². The van der Waals surface area contributed by atoms with E-state index in [1.54, 1.807) is 6.20 Å². The van der Waals surface area contributed by atoms with Crippen LogP contribution in [-0.4, -0.2) is 54.0 Å². The third-order valence-electron chi connectivity index (χ3n) is 3.63. The monoisotopic (exact) mass is 421 g/mol. The van der Waals surface area contributed by atoms with Crippen LogP contribution in [0.5, 0.6) is 0 Å². The van der Waals surface area contributed by atoms with Crippen molar-refractivity contribution >= 4 is 29.9 Å². The van der Waals surface area contributed by atoms with Gasteiger partial charge >= 0.3 is 0 Å². The van der Waals surface area contributed by atoms with E-state index in [4.69, 9.17) is 4.74 Å². The van der Waals surface area contributed by atoms with Crippen LogP contribution in [0.2, 0.25) is 0 Å². The fraction of sp³-hybridized carbons (Fsp3) is 0.733. The zero-order valence-electron chi connectivity index (χ0n) is 13.8. The molecule has 0 radical (unpaired) electrons. The Balaban J connectivity index is 0.00000242. The number of guanidine groups is 1. The molecule has 1 fully saturated rings. The molecule has 0 saturated heterocycles. The molecular formula is C15H28IN5O. The van der Waals surface area contributed by atoms with E-state index in [0.29, 0.717) is 6.54 Å². The smallest absolute Gasteiger partial charge is 0.194 e. The van der Waals surface area contributed by atoms with E-state index in [1.165, 1.54) is 12.8 Å². The van der Waals surface area contributed by atoms with Crippen LogP contribution < -0.4 is 5.32 Å². The Bertz CT molecular complexity index is 459. The number of hydrogen-bond acceptors (Lipinski definition) is 3. The van der Waals surface area contributed by atoms with Gasteiger partial charge in [-0.2, -0.15) is 5.10 Å². The van der Waals surface area contributed by atoms with Gasteiger partial charge in [-0.3, -0.25) is 4.68 Å². The maximum absolute atomic E-state index is 5.69. The molecule has 6 nitrogen and oxygen atoms in total. The lowest BCUT2D eigenvalue weighted by Gasteiger charge is -2.22. The first-order valence-electron chi connectivity index (χ1n) is 7.74. The van der Waals surface area contributed by atoms with Crippen molar-refractivity contribution in [1.29, 1.82) is 0 Å². The minimum Gasteiger partial charge on any atom is -0.379 e. The van der Waals surface area contributed by atoms with E-state index in [2.05, 4.69) is 27.2 Å². The Kier molecular flexibility index (Phi) is 8.77. The van der Waals surface area contributed by atoms with Crippen molar-refractivity contribution in [3.8, 4) is 0 Å². The van der Waals surface area contributed by atoms with Crippen LogP contribution in [0.15, 0.2) is 17.3 Å². The summed E-state index contributed by atoms with van der Waals surface area (Å²) in [5.74, 6) is 1.73. The number of rotatable bonds is 8. The van der Waals surface area contributed by atoms with Gasteiger partial charge in [-0.1, -0.05) is 0 Å². The lowest BCUT2D eigenvalue weighted by molar-refractivity contribution is 0.115. The summed E-state index contributed by atoms with van der Waals surface area (Å²) in [6, 6.07) is 1.99. The number of aromatic nitrogens is 2. The minimum absolute atomic E-state index is 0. The van der Waals surface area contributed by atoms with E-state index < -0.39 is 0 Å². The lowest BCUT2D eigenvalue weighted by Crippen LogP contribution is -2.40. The molecule has 126 valence electrons. The largest absolute Gasteiger partial charge is 0.379 e. The molecule has 0 unspecified atom stereocenters. The standard InChI is InChI=1S/C15H27N5O.HI/c1-4-16-15(17-11-14-7-8-18-20(14)3)19(2)9-10-21-12-13-5-6-13;/h7-8,13H,4-6,9-12H2,1-3H3,(H,16,17);1H. The van der Waals surface area contributed by atoms with Crippen molar-refractivity contribution < 1.29 is 4.74 Å². The third kappa shape index (κ3) is 6.51. The summed E-state index contributed by atoms with van der Waals surface area (Å²) in [4.78, 5) is 6.78. The number of aryl methyl sites for hydroxylation is 1. The van der Waals surface area contributed by atoms with E-state index in [-0.39, 0.29) is 24.0 Å². The fourth-order valence-electron chi connectivity index (χ4n) is 2.02. The molecule has 2 rings (SSSR count). The molecule has 22 heavy (non-hydrogen) atoms. The van der Waals surface area contributed by atoms with Crippen molar-refractivity contribution in [3.05, 3.63) is 18.0 Å². The second-order valence-corrected chi connectivity index (χ2v) is 5.56. The van der Waals surface area contributed by atoms with Gasteiger partial charge < -0.3 is 15.0 Å². The zero-order chi connectivity index (χ0) is 15.1. The average Bonchev–Trinajstić information content (AvgIpc) is 3.21. The number of ether oxygens (including phenoxy) is 1. The maximum Gasteiger partial charge on any atom is 0.194 e. The Morgan fingerprint density at radius 3 is 2.91 bits per heavy atom. The van der Waals surface area contributed by atoms with Crippen LogP contribution in [0.25, 0.3) is 0 Å². The van der Waals surface area contributed by atoms with Gasteiger partial charge in [0.1, 0.15) is 0 Å². The van der Waals surface area contributed by atoms with Crippen LogP contribution in [0.1, 0.15) is 25.5 Å². The molecule has 0 aliphatic heterocycles. The highest BCUT2D eigenvalue weighted by atomic mass is 127. The highest BCUT2D eigenvalue weighted by Crippen LogP contribution is 2.28. The van der Waals surface area contributed by atoms with Gasteiger partial charge in [0.05, 0.1) is 18.8 Å². The Morgan fingerprint density at radius 1 is 1.55 bits per heavy atom. The molecule has 1 N–H and O–H groups in total. The molecule has 0 atom stereocenters. The molecule has 1 aliphatic rings. The number of nitrogens with zero attached hydrogens (tertiary/aromatic N) is 4. The van der Waals surface area contributed by atoms with Crippen LogP contribution in [-0.2, 0) is 18.3 Å². The van der Waals surface area contributed by atoms with Crippen molar-refractivity contribution in [2.24, 2.45) is 18.0 Å². The van der Waals surface area contributed by atoms with Crippen LogP contribution >= 0.6 is 24.0 Å². The Morgan fingerprint density at radius 2 is 2.32 bits per heavy atom. The predicted molar refractivity (Wildman–Crippen MR) is 99.6 cm³/mol. The first kappa shape index (κ1) is 19.2. The summed E-state index contributed by atoms with van der Waals surface area (Å²) >= 11 is 0. The molecule has 0 spiro atoms. The molecule has 1 aromatic rings. The molecule has 1 aliphatic carbocycles. The molecule has 0 bridgehead atoms. The van der Waals surface area contributed by atoms with Gasteiger partial charge in [0.2, 0.25) is 0 Å². The first-order chi connectivity index (χ1) is 10.2. The van der Waals surface area contributed by atoms with E-state index in [0.717, 1.165) is 43.9 Å². The van der Waals surface area contributed by atoms with Gasteiger partial charge in [0.15, 0.2) is 5.96 Å². The normalized spacial score (nSPS) is 14.6. The highest BCUT2D eigenvalue weighted by Gasteiger charge is 2.21. The van der Waals surface area contributed by atoms with E-state index >= 15 is 0 Å². The number of likely N-dealkylation sites (N-methyl/N-ethyl adjacent to an activating group) is 1. The molecule has 0 aromatic carbocycles. The second kappa shape index (κ2) is 10.0.